The summed E-state index contributed by atoms with van der Waals surface area (Å²) in [4.78, 5) is 28.8. The lowest BCUT2D eigenvalue weighted by Gasteiger charge is -2.32. The molecule has 0 heterocycles. The normalized spacial score (nSPS) is 12.4. The Morgan fingerprint density at radius 2 is 1.68 bits per heavy atom. The molecule has 0 radical (unpaired) electrons. The average Bonchev–Trinajstić information content (AvgIpc) is 2.90. The fourth-order valence-electron chi connectivity index (χ4n) is 4.02. The summed E-state index contributed by atoms with van der Waals surface area (Å²) in [6.07, 6.45) is 2.05. The molecule has 3 rings (SSSR count). The van der Waals surface area contributed by atoms with Gasteiger partial charge >= 0.3 is 0 Å². The Kier molecular flexibility index (Phi) is 11.0. The Bertz CT molecular complexity index is 1130. The zero-order valence-electron chi connectivity index (χ0n) is 22.0. The highest BCUT2D eigenvalue weighted by Gasteiger charge is 2.30. The van der Waals surface area contributed by atoms with E-state index in [1.165, 1.54) is 5.56 Å². The van der Waals surface area contributed by atoms with E-state index in [0.29, 0.717) is 31.0 Å². The molecule has 3 aromatic rings. The van der Waals surface area contributed by atoms with E-state index in [9.17, 15) is 9.59 Å². The van der Waals surface area contributed by atoms with E-state index in [4.69, 9.17) is 16.3 Å². The first-order chi connectivity index (χ1) is 17.9. The lowest BCUT2D eigenvalue weighted by atomic mass is 10.0. The number of nitrogens with one attached hydrogen (secondary N) is 1. The van der Waals surface area contributed by atoms with Crippen molar-refractivity contribution >= 4 is 23.4 Å². The van der Waals surface area contributed by atoms with Crippen LogP contribution in [-0.2, 0) is 22.6 Å². The Morgan fingerprint density at radius 3 is 2.35 bits per heavy atom. The minimum atomic E-state index is -0.652. The van der Waals surface area contributed by atoms with Crippen LogP contribution in [0.5, 0.6) is 5.75 Å². The zero-order valence-corrected chi connectivity index (χ0v) is 22.7. The molecule has 1 N–H and O–H groups in total. The first kappa shape index (κ1) is 28.3. The molecule has 2 atom stereocenters. The number of carbonyl (C=O) groups excluding carboxylic acids is 2. The van der Waals surface area contributed by atoms with Crippen molar-refractivity contribution in [3.63, 3.8) is 0 Å². The number of amides is 2. The molecule has 0 saturated carbocycles. The van der Waals surface area contributed by atoms with Crippen molar-refractivity contribution in [2.75, 3.05) is 6.61 Å². The monoisotopic (exact) mass is 520 g/mol. The standard InChI is InChI=1S/C31H37ClN2O3/c1-4-24(3)33-31(36)29(21-25-10-6-5-7-11-25)34(22-26-12-8-13-27(32)20-26)30(35)14-9-19-37-28-17-15-23(2)16-18-28/h5-8,10-13,15-18,20,24,29H,4,9,14,19,21-22H2,1-3H3,(H,33,36). The van der Waals surface area contributed by atoms with Gasteiger partial charge in [0.2, 0.25) is 11.8 Å². The second-order valence-electron chi connectivity index (χ2n) is 9.44. The molecule has 5 nitrogen and oxygen atoms in total. The fourth-order valence-corrected chi connectivity index (χ4v) is 4.23. The van der Waals surface area contributed by atoms with Gasteiger partial charge in [0.05, 0.1) is 6.61 Å². The molecule has 6 heteroatoms. The molecule has 0 aromatic heterocycles. The van der Waals surface area contributed by atoms with Gasteiger partial charge in [-0.2, -0.15) is 0 Å². The quantitative estimate of drug-likeness (QED) is 0.267. The number of ether oxygens (including phenoxy) is 1. The molecule has 0 aliphatic carbocycles. The molecule has 0 spiro atoms. The van der Waals surface area contributed by atoms with Crippen LogP contribution in [0.1, 0.15) is 49.8 Å². The van der Waals surface area contributed by atoms with Gasteiger partial charge in [-0.1, -0.05) is 78.7 Å². The van der Waals surface area contributed by atoms with Gasteiger partial charge in [-0.05, 0) is 62.1 Å². The molecule has 0 fully saturated rings. The molecule has 37 heavy (non-hydrogen) atoms. The Morgan fingerprint density at radius 1 is 0.973 bits per heavy atom. The molecule has 0 saturated heterocycles. The molecule has 2 amide bonds. The SMILES string of the molecule is CCC(C)NC(=O)C(Cc1ccccc1)N(Cc1cccc(Cl)c1)C(=O)CCCOc1ccc(C)cc1. The number of nitrogens with zero attached hydrogens (tertiary/aromatic N) is 1. The summed E-state index contributed by atoms with van der Waals surface area (Å²) in [5.41, 5.74) is 3.05. The third-order valence-electron chi connectivity index (χ3n) is 6.34. The van der Waals surface area contributed by atoms with E-state index in [1.54, 1.807) is 11.0 Å². The Labute approximate surface area is 225 Å². The topological polar surface area (TPSA) is 58.6 Å². The van der Waals surface area contributed by atoms with Gasteiger partial charge < -0.3 is 15.0 Å². The first-order valence-corrected chi connectivity index (χ1v) is 13.3. The van der Waals surface area contributed by atoms with Gasteiger partial charge in [-0.15, -0.1) is 0 Å². The van der Waals surface area contributed by atoms with Gasteiger partial charge in [0, 0.05) is 30.5 Å². The number of hydrogen-bond acceptors (Lipinski definition) is 3. The summed E-state index contributed by atoms with van der Waals surface area (Å²) in [6, 6.07) is 24.5. The summed E-state index contributed by atoms with van der Waals surface area (Å²) >= 11 is 6.24. The van der Waals surface area contributed by atoms with Gasteiger partial charge in [-0.25, -0.2) is 0 Å². The molecule has 0 aliphatic rings. The smallest absolute Gasteiger partial charge is 0.243 e. The predicted octanol–water partition coefficient (Wildman–Crippen LogP) is 6.36. The van der Waals surface area contributed by atoms with Crippen molar-refractivity contribution in [1.82, 2.24) is 10.2 Å². The summed E-state index contributed by atoms with van der Waals surface area (Å²) in [7, 11) is 0. The van der Waals surface area contributed by atoms with E-state index in [1.807, 2.05) is 93.6 Å². The second-order valence-corrected chi connectivity index (χ2v) is 9.88. The lowest BCUT2D eigenvalue weighted by Crippen LogP contribution is -2.52. The average molecular weight is 521 g/mol. The van der Waals surface area contributed by atoms with Crippen LogP contribution in [0.3, 0.4) is 0 Å². The number of aryl methyl sites for hydroxylation is 1. The summed E-state index contributed by atoms with van der Waals surface area (Å²) in [5.74, 6) is 0.543. The maximum absolute atomic E-state index is 13.6. The maximum atomic E-state index is 13.6. The number of halogens is 1. The third-order valence-corrected chi connectivity index (χ3v) is 6.57. The van der Waals surface area contributed by atoms with E-state index in [0.717, 1.165) is 23.3 Å². The van der Waals surface area contributed by atoms with E-state index < -0.39 is 6.04 Å². The van der Waals surface area contributed by atoms with Crippen molar-refractivity contribution in [3.05, 3.63) is 101 Å². The minimum Gasteiger partial charge on any atom is -0.494 e. The largest absolute Gasteiger partial charge is 0.494 e. The molecular formula is C31H37ClN2O3. The van der Waals surface area contributed by atoms with Crippen LogP contribution in [-0.4, -0.2) is 35.4 Å². The highest BCUT2D eigenvalue weighted by atomic mass is 35.5. The van der Waals surface area contributed by atoms with E-state index >= 15 is 0 Å². The van der Waals surface area contributed by atoms with Crippen LogP contribution < -0.4 is 10.1 Å². The van der Waals surface area contributed by atoms with Crippen molar-refractivity contribution in [2.45, 2.75) is 65.1 Å². The number of hydrogen-bond donors (Lipinski definition) is 1. The van der Waals surface area contributed by atoms with Crippen LogP contribution in [0.25, 0.3) is 0 Å². The van der Waals surface area contributed by atoms with Gasteiger partial charge in [0.15, 0.2) is 0 Å². The second kappa shape index (κ2) is 14.4. The summed E-state index contributed by atoms with van der Waals surface area (Å²) < 4.78 is 5.83. The highest BCUT2D eigenvalue weighted by Crippen LogP contribution is 2.19. The first-order valence-electron chi connectivity index (χ1n) is 12.9. The van der Waals surface area contributed by atoms with Crippen LogP contribution in [0.4, 0.5) is 0 Å². The van der Waals surface area contributed by atoms with E-state index in [-0.39, 0.29) is 24.3 Å². The molecular weight excluding hydrogens is 484 g/mol. The highest BCUT2D eigenvalue weighted by molar-refractivity contribution is 6.30. The number of rotatable bonds is 13. The Hall–Kier alpha value is -3.31. The predicted molar refractivity (Wildman–Crippen MR) is 150 cm³/mol. The van der Waals surface area contributed by atoms with Gasteiger partial charge in [0.1, 0.15) is 11.8 Å². The summed E-state index contributed by atoms with van der Waals surface area (Å²) in [5, 5.41) is 3.69. The van der Waals surface area contributed by atoms with Gasteiger partial charge in [-0.3, -0.25) is 9.59 Å². The fraction of sp³-hybridized carbons (Fsp3) is 0.355. The number of carbonyl (C=O) groups is 2. The van der Waals surface area contributed by atoms with Crippen molar-refractivity contribution < 1.29 is 14.3 Å². The molecule has 0 bridgehead atoms. The molecule has 196 valence electrons. The molecule has 0 aliphatic heterocycles. The van der Waals surface area contributed by atoms with Crippen LogP contribution in [0.15, 0.2) is 78.9 Å². The minimum absolute atomic E-state index is 0.0109. The molecule has 3 aromatic carbocycles. The van der Waals surface area contributed by atoms with Crippen molar-refractivity contribution in [1.29, 1.82) is 0 Å². The third kappa shape index (κ3) is 9.25. The molecule has 2 unspecified atom stereocenters. The summed E-state index contributed by atoms with van der Waals surface area (Å²) in [6.45, 7) is 6.75. The zero-order chi connectivity index (χ0) is 26.6. The van der Waals surface area contributed by atoms with Crippen LogP contribution in [0.2, 0.25) is 5.02 Å². The van der Waals surface area contributed by atoms with Crippen LogP contribution in [0, 0.1) is 6.92 Å². The van der Waals surface area contributed by atoms with Crippen molar-refractivity contribution in [2.24, 2.45) is 0 Å². The van der Waals surface area contributed by atoms with E-state index in [2.05, 4.69) is 5.32 Å². The van der Waals surface area contributed by atoms with Crippen molar-refractivity contribution in [3.8, 4) is 5.75 Å². The number of benzene rings is 3. The van der Waals surface area contributed by atoms with Crippen LogP contribution >= 0.6 is 11.6 Å². The lowest BCUT2D eigenvalue weighted by molar-refractivity contribution is -0.141. The maximum Gasteiger partial charge on any atom is 0.243 e. The van der Waals surface area contributed by atoms with Gasteiger partial charge in [0.25, 0.3) is 0 Å². The Balaban J connectivity index is 1.79.